The zero-order chi connectivity index (χ0) is 15.2. The predicted molar refractivity (Wildman–Crippen MR) is 83.9 cm³/mol. The highest BCUT2D eigenvalue weighted by molar-refractivity contribution is 9.10. The summed E-state index contributed by atoms with van der Waals surface area (Å²) in [5, 5.41) is 11.9. The van der Waals surface area contributed by atoms with Gasteiger partial charge in [-0.05, 0) is 45.8 Å². The van der Waals surface area contributed by atoms with Crippen LogP contribution in [-0.2, 0) is 11.3 Å². The van der Waals surface area contributed by atoms with Gasteiger partial charge < -0.3 is 20.4 Å². The second-order valence-corrected chi connectivity index (χ2v) is 5.14. The van der Waals surface area contributed by atoms with Crippen molar-refractivity contribution >= 4 is 21.8 Å². The van der Waals surface area contributed by atoms with E-state index in [9.17, 15) is 0 Å². The minimum atomic E-state index is -0.0227. The van der Waals surface area contributed by atoms with Gasteiger partial charge in [-0.3, -0.25) is 0 Å². The lowest BCUT2D eigenvalue weighted by Crippen LogP contribution is -2.15. The molecule has 2 aromatic carbocycles. The van der Waals surface area contributed by atoms with Crippen molar-refractivity contribution in [3.8, 4) is 11.5 Å². The maximum atomic E-state index is 8.89. The quantitative estimate of drug-likeness (QED) is 0.374. The molecule has 2 rings (SSSR count). The summed E-state index contributed by atoms with van der Waals surface area (Å²) < 4.78 is 11.6. The Morgan fingerprint density at radius 2 is 2.05 bits per heavy atom. The number of ether oxygens (including phenoxy) is 2. The van der Waals surface area contributed by atoms with Crippen molar-refractivity contribution in [2.24, 2.45) is 10.9 Å². The zero-order valence-electron chi connectivity index (χ0n) is 11.4. The van der Waals surface area contributed by atoms with Crippen LogP contribution in [0.2, 0.25) is 0 Å². The minimum Gasteiger partial charge on any atom is -0.457 e. The molecule has 0 bridgehead atoms. The fourth-order valence-electron chi connectivity index (χ4n) is 1.88. The summed E-state index contributed by atoms with van der Waals surface area (Å²) in [6.07, 6.45) is 0. The van der Waals surface area contributed by atoms with Crippen molar-refractivity contribution in [2.75, 3.05) is 7.11 Å². The normalized spacial score (nSPS) is 11.4. The Kier molecular flexibility index (Phi) is 5.19. The summed E-state index contributed by atoms with van der Waals surface area (Å²) in [5.41, 5.74) is 7.19. The average molecular weight is 351 g/mol. The topological polar surface area (TPSA) is 77.1 Å². The van der Waals surface area contributed by atoms with E-state index in [1.807, 2.05) is 30.3 Å². The number of oxime groups is 1. The molecule has 2 aromatic rings. The van der Waals surface area contributed by atoms with Crippen LogP contribution in [0.4, 0.5) is 0 Å². The van der Waals surface area contributed by atoms with Gasteiger partial charge in [-0.1, -0.05) is 23.4 Å². The fraction of sp³-hybridized carbons (Fsp3) is 0.133. The molecule has 0 atom stereocenters. The highest BCUT2D eigenvalue weighted by atomic mass is 79.9. The molecule has 6 heteroatoms. The largest absolute Gasteiger partial charge is 0.457 e. The summed E-state index contributed by atoms with van der Waals surface area (Å²) in [7, 11) is 1.64. The number of hydrogen-bond acceptors (Lipinski definition) is 4. The number of methoxy groups -OCH3 is 1. The van der Waals surface area contributed by atoms with Crippen molar-refractivity contribution in [2.45, 2.75) is 6.61 Å². The summed E-state index contributed by atoms with van der Waals surface area (Å²) in [6.45, 7) is 0.503. The lowest BCUT2D eigenvalue weighted by molar-refractivity contribution is 0.184. The Bertz CT molecular complexity index is 659. The van der Waals surface area contributed by atoms with Crippen LogP contribution in [0.25, 0.3) is 0 Å². The summed E-state index contributed by atoms with van der Waals surface area (Å²) in [4.78, 5) is 0. The van der Waals surface area contributed by atoms with Gasteiger partial charge >= 0.3 is 0 Å². The number of amidine groups is 1. The van der Waals surface area contributed by atoms with Crippen LogP contribution in [0, 0.1) is 0 Å². The molecular weight excluding hydrogens is 336 g/mol. The van der Waals surface area contributed by atoms with E-state index in [2.05, 4.69) is 21.1 Å². The molecule has 0 fully saturated rings. The Morgan fingerprint density at radius 3 is 2.76 bits per heavy atom. The van der Waals surface area contributed by atoms with Gasteiger partial charge in [-0.15, -0.1) is 0 Å². The molecule has 0 saturated heterocycles. The van der Waals surface area contributed by atoms with Crippen LogP contribution in [0.15, 0.2) is 52.1 Å². The van der Waals surface area contributed by atoms with Crippen molar-refractivity contribution in [3.63, 3.8) is 0 Å². The first-order valence-electron chi connectivity index (χ1n) is 6.18. The molecule has 0 saturated carbocycles. The third kappa shape index (κ3) is 3.74. The van der Waals surface area contributed by atoms with Crippen LogP contribution < -0.4 is 10.5 Å². The highest BCUT2D eigenvalue weighted by Crippen LogP contribution is 2.30. The lowest BCUT2D eigenvalue weighted by Gasteiger charge is -2.12. The molecule has 0 aliphatic carbocycles. The molecule has 5 nitrogen and oxygen atoms in total. The molecule has 110 valence electrons. The first-order chi connectivity index (χ1) is 10.2. The third-order valence-corrected chi connectivity index (χ3v) is 3.44. The summed E-state index contributed by atoms with van der Waals surface area (Å²) >= 11 is 3.37. The number of hydrogen-bond donors (Lipinski definition) is 2. The van der Waals surface area contributed by atoms with Gasteiger partial charge in [-0.2, -0.15) is 0 Å². The first kappa shape index (κ1) is 15.3. The van der Waals surface area contributed by atoms with Crippen LogP contribution in [0.1, 0.15) is 11.1 Å². The van der Waals surface area contributed by atoms with Crippen LogP contribution in [-0.4, -0.2) is 18.2 Å². The van der Waals surface area contributed by atoms with Gasteiger partial charge in [-0.25, -0.2) is 0 Å². The monoisotopic (exact) mass is 350 g/mol. The van der Waals surface area contributed by atoms with E-state index in [0.29, 0.717) is 28.1 Å². The fourth-order valence-corrected chi connectivity index (χ4v) is 2.43. The van der Waals surface area contributed by atoms with Gasteiger partial charge in [0.1, 0.15) is 11.5 Å². The molecule has 0 aromatic heterocycles. The van der Waals surface area contributed by atoms with E-state index in [1.54, 1.807) is 19.2 Å². The van der Waals surface area contributed by atoms with E-state index >= 15 is 0 Å². The molecule has 0 aliphatic heterocycles. The third-order valence-electron chi connectivity index (χ3n) is 2.78. The predicted octanol–water partition coefficient (Wildman–Crippen LogP) is 3.48. The lowest BCUT2D eigenvalue weighted by atomic mass is 10.2. The summed E-state index contributed by atoms with van der Waals surface area (Å²) in [5.74, 6) is 1.12. The van der Waals surface area contributed by atoms with Gasteiger partial charge in [0.05, 0.1) is 12.2 Å². The molecule has 0 unspecified atom stereocenters. The van der Waals surface area contributed by atoms with E-state index < -0.39 is 0 Å². The van der Waals surface area contributed by atoms with Crippen molar-refractivity contribution in [1.29, 1.82) is 0 Å². The first-order valence-corrected chi connectivity index (χ1v) is 6.97. The average Bonchev–Trinajstić information content (AvgIpc) is 2.47. The molecular formula is C15H15BrN2O3. The van der Waals surface area contributed by atoms with Gasteiger partial charge in [0.15, 0.2) is 5.84 Å². The van der Waals surface area contributed by atoms with Crippen molar-refractivity contribution in [1.82, 2.24) is 0 Å². The standard InChI is InChI=1S/C15H15BrN2O3/c1-20-9-10-4-2-5-11(8-10)21-13-7-3-6-12(16)14(13)15(17)18-19/h2-8,19H,9H2,1H3,(H2,17,18). The van der Waals surface area contributed by atoms with Crippen molar-refractivity contribution in [3.05, 3.63) is 58.1 Å². The smallest absolute Gasteiger partial charge is 0.175 e. The maximum Gasteiger partial charge on any atom is 0.175 e. The molecule has 0 heterocycles. The van der Waals surface area contributed by atoms with Gasteiger partial charge in [0.2, 0.25) is 0 Å². The van der Waals surface area contributed by atoms with E-state index in [0.717, 1.165) is 5.56 Å². The van der Waals surface area contributed by atoms with Crippen LogP contribution in [0.3, 0.4) is 0 Å². The Hall–Kier alpha value is -2.05. The zero-order valence-corrected chi connectivity index (χ0v) is 13.0. The second kappa shape index (κ2) is 7.10. The summed E-state index contributed by atoms with van der Waals surface area (Å²) in [6, 6.07) is 12.9. The number of halogens is 1. The molecule has 21 heavy (non-hydrogen) atoms. The molecule has 0 radical (unpaired) electrons. The van der Waals surface area contributed by atoms with Crippen LogP contribution >= 0.6 is 15.9 Å². The minimum absolute atomic E-state index is 0.0227. The SMILES string of the molecule is COCc1cccc(Oc2cccc(Br)c2/C(N)=N/O)c1. The molecule has 0 amide bonds. The van der Waals surface area contributed by atoms with E-state index in [1.165, 1.54) is 0 Å². The van der Waals surface area contributed by atoms with E-state index in [-0.39, 0.29) is 5.84 Å². The number of nitrogens with zero attached hydrogens (tertiary/aromatic N) is 1. The van der Waals surface area contributed by atoms with Gasteiger partial charge in [0, 0.05) is 11.6 Å². The Morgan fingerprint density at radius 1 is 1.29 bits per heavy atom. The second-order valence-electron chi connectivity index (χ2n) is 4.28. The molecule has 3 N–H and O–H groups in total. The van der Waals surface area contributed by atoms with Crippen LogP contribution in [0.5, 0.6) is 11.5 Å². The van der Waals surface area contributed by atoms with E-state index in [4.69, 9.17) is 20.4 Å². The van der Waals surface area contributed by atoms with Crippen molar-refractivity contribution < 1.29 is 14.7 Å². The highest BCUT2D eigenvalue weighted by Gasteiger charge is 2.13. The Labute approximate surface area is 131 Å². The number of nitrogens with two attached hydrogens (primary N) is 1. The maximum absolute atomic E-state index is 8.89. The number of rotatable bonds is 5. The Balaban J connectivity index is 2.36. The number of benzene rings is 2. The molecule has 0 spiro atoms. The van der Waals surface area contributed by atoms with Gasteiger partial charge in [0.25, 0.3) is 0 Å². The molecule has 0 aliphatic rings.